The number of allylic oxidation sites excluding steroid dienone is 8. The van der Waals surface area contributed by atoms with E-state index in [0.717, 1.165) is 0 Å². The second-order valence-electron chi connectivity index (χ2n) is 5.15. The first-order valence-electron chi connectivity index (χ1n) is 6.52. The maximum atomic E-state index is 9.75. The molecule has 0 amide bonds. The van der Waals surface area contributed by atoms with Crippen LogP contribution in [0.1, 0.15) is 38.5 Å². The molecule has 0 unspecified atom stereocenters. The summed E-state index contributed by atoms with van der Waals surface area (Å²) in [6.07, 6.45) is 17.1. The third kappa shape index (κ3) is 6.21. The van der Waals surface area contributed by atoms with Crippen molar-refractivity contribution >= 4 is 7.25 Å². The second-order valence-corrected chi connectivity index (χ2v) is 5.15. The Morgan fingerprint density at radius 3 is 0.850 bits per heavy atom. The third-order valence-corrected chi connectivity index (χ3v) is 3.55. The van der Waals surface area contributed by atoms with Gasteiger partial charge in [0, 0.05) is 0 Å². The molecular weight excluding hydrogens is 358 g/mol. The number of rotatable bonds is 0. The largest absolute Gasteiger partial charge is 1.00 e. The summed E-state index contributed by atoms with van der Waals surface area (Å²) in [6, 6.07) is 0. The molecule has 6 heteroatoms. The van der Waals surface area contributed by atoms with Crippen LogP contribution in [0, 0.1) is 0 Å². The smallest absolute Gasteiger partial charge is 0.418 e. The fourth-order valence-corrected chi connectivity index (χ4v) is 2.62. The van der Waals surface area contributed by atoms with Gasteiger partial charge in [0.2, 0.25) is 0 Å². The summed E-state index contributed by atoms with van der Waals surface area (Å²) in [5.74, 6) is 0. The van der Waals surface area contributed by atoms with Gasteiger partial charge >= 0.3 is 26.7 Å². The second kappa shape index (κ2) is 7.40. The average Bonchev–Trinajstić information content (AvgIpc) is 3.10. The number of hydrogen-bond donors (Lipinski definition) is 0. The van der Waals surface area contributed by atoms with Crippen molar-refractivity contribution in [2.45, 2.75) is 38.5 Å². The van der Waals surface area contributed by atoms with Gasteiger partial charge in [-0.05, 0) is 38.5 Å². The maximum absolute atomic E-state index is 9.75. The molecule has 2 fully saturated rings. The van der Waals surface area contributed by atoms with E-state index in [4.69, 9.17) is 0 Å². The number of halogens is 4. The first-order chi connectivity index (χ1) is 8.90. The quantitative estimate of drug-likeness (QED) is 0.395. The van der Waals surface area contributed by atoms with E-state index in [2.05, 4.69) is 24.3 Å². The third-order valence-electron chi connectivity index (χ3n) is 3.55. The van der Waals surface area contributed by atoms with Crippen LogP contribution in [0.4, 0.5) is 17.3 Å². The van der Waals surface area contributed by atoms with Gasteiger partial charge in [-0.15, -0.1) is 0 Å². The molecule has 0 spiro atoms. The molecule has 0 nitrogen and oxygen atoms in total. The topological polar surface area (TPSA) is 0 Å². The molecule has 0 atom stereocenters. The first-order valence-corrected chi connectivity index (χ1v) is 6.52. The Hall–Kier alpha value is -0.632. The summed E-state index contributed by atoms with van der Waals surface area (Å²) < 4.78 is 39.0. The average molecular weight is 374 g/mol. The van der Waals surface area contributed by atoms with Crippen LogP contribution in [0.15, 0.2) is 46.6 Å². The van der Waals surface area contributed by atoms with Gasteiger partial charge in [-0.1, -0.05) is 46.6 Å². The molecular formula is C14H16BF4Rh. The van der Waals surface area contributed by atoms with Gasteiger partial charge in [-0.3, -0.25) is 0 Å². The molecule has 0 radical (unpaired) electrons. The minimum Gasteiger partial charge on any atom is -0.418 e. The summed E-state index contributed by atoms with van der Waals surface area (Å²) in [7, 11) is -6.00. The van der Waals surface area contributed by atoms with Crippen LogP contribution >= 0.6 is 0 Å². The van der Waals surface area contributed by atoms with E-state index in [1.165, 1.54) is 38.5 Å². The van der Waals surface area contributed by atoms with E-state index >= 15 is 0 Å². The molecule has 4 rings (SSSR count). The predicted molar refractivity (Wildman–Crippen MR) is 70.2 cm³/mol. The molecule has 20 heavy (non-hydrogen) atoms. The summed E-state index contributed by atoms with van der Waals surface area (Å²) >= 11 is 0. The minimum atomic E-state index is -6.00. The van der Waals surface area contributed by atoms with E-state index in [-0.39, 0.29) is 19.5 Å². The van der Waals surface area contributed by atoms with Gasteiger partial charge in [-0.2, -0.15) is 0 Å². The number of fused-ring (bicyclic) bond motifs is 4. The molecule has 0 aromatic carbocycles. The Morgan fingerprint density at radius 2 is 0.800 bits per heavy atom. The van der Waals surface area contributed by atoms with E-state index in [1.54, 1.807) is 22.3 Å². The van der Waals surface area contributed by atoms with E-state index in [1.807, 2.05) is 0 Å². The van der Waals surface area contributed by atoms with Gasteiger partial charge in [0.25, 0.3) is 0 Å². The molecule has 0 aromatic rings. The van der Waals surface area contributed by atoms with Crippen molar-refractivity contribution in [1.29, 1.82) is 0 Å². The zero-order valence-electron chi connectivity index (χ0n) is 11.0. The van der Waals surface area contributed by atoms with Crippen LogP contribution < -0.4 is 0 Å². The standard InChI is InChI=1S/2C7H8.BF4.Rh/c2*1-2-7-4-3-6(1)5-7;2-1(3,4)5;/h2*1-2H,3-5H2;;/q;;-1;+1. The van der Waals surface area contributed by atoms with Crippen LogP contribution in [0.2, 0.25) is 0 Å². The van der Waals surface area contributed by atoms with Crippen LogP contribution in [0.3, 0.4) is 0 Å². The first kappa shape index (κ1) is 17.4. The Bertz CT molecular complexity index is 392. The summed E-state index contributed by atoms with van der Waals surface area (Å²) in [6.45, 7) is 0. The van der Waals surface area contributed by atoms with Crippen LogP contribution in [-0.4, -0.2) is 7.25 Å². The van der Waals surface area contributed by atoms with Crippen molar-refractivity contribution < 1.29 is 36.7 Å². The number of hydrogen-bond acceptors (Lipinski definition) is 0. The summed E-state index contributed by atoms with van der Waals surface area (Å²) in [5, 5.41) is 0. The van der Waals surface area contributed by atoms with Gasteiger partial charge in [0.15, 0.2) is 0 Å². The van der Waals surface area contributed by atoms with Crippen LogP contribution in [0.25, 0.3) is 0 Å². The Balaban J connectivity index is 0.000000150. The maximum Gasteiger partial charge on any atom is 1.00 e. The molecule has 4 aliphatic carbocycles. The van der Waals surface area contributed by atoms with Gasteiger partial charge in [-0.25, -0.2) is 0 Å². The predicted octanol–water partition coefficient (Wildman–Crippen LogP) is 5.37. The molecule has 0 N–H and O–H groups in total. The van der Waals surface area contributed by atoms with Crippen molar-refractivity contribution in [2.24, 2.45) is 0 Å². The minimum absolute atomic E-state index is 0. The van der Waals surface area contributed by atoms with Gasteiger partial charge in [0.05, 0.1) is 0 Å². The van der Waals surface area contributed by atoms with Crippen molar-refractivity contribution in [3.63, 3.8) is 0 Å². The fourth-order valence-electron chi connectivity index (χ4n) is 2.62. The molecule has 0 saturated heterocycles. The van der Waals surface area contributed by atoms with Crippen LogP contribution in [-0.2, 0) is 19.5 Å². The van der Waals surface area contributed by atoms with Gasteiger partial charge < -0.3 is 17.3 Å². The van der Waals surface area contributed by atoms with E-state index in [0.29, 0.717) is 0 Å². The van der Waals surface area contributed by atoms with Crippen molar-refractivity contribution in [2.75, 3.05) is 0 Å². The fraction of sp³-hybridized carbons (Fsp3) is 0.429. The zero-order valence-corrected chi connectivity index (χ0v) is 12.6. The van der Waals surface area contributed by atoms with Crippen molar-refractivity contribution in [1.82, 2.24) is 0 Å². The van der Waals surface area contributed by atoms with Gasteiger partial charge in [0.1, 0.15) is 0 Å². The Morgan fingerprint density at radius 1 is 0.600 bits per heavy atom. The van der Waals surface area contributed by atoms with E-state index in [9.17, 15) is 17.3 Å². The van der Waals surface area contributed by atoms with Crippen LogP contribution in [0.5, 0.6) is 0 Å². The summed E-state index contributed by atoms with van der Waals surface area (Å²) in [5.41, 5.74) is 6.59. The molecule has 112 valence electrons. The summed E-state index contributed by atoms with van der Waals surface area (Å²) in [4.78, 5) is 0. The zero-order chi connectivity index (χ0) is 13.9. The molecule has 0 aliphatic heterocycles. The SMILES string of the molecule is C1=C2CCC(=C1)C2.C1=C2CCC(=C1)C2.F[B-](F)(F)F.[Rh+]. The van der Waals surface area contributed by atoms with Crippen molar-refractivity contribution in [3.05, 3.63) is 46.6 Å². The van der Waals surface area contributed by atoms with E-state index < -0.39 is 7.25 Å². The normalized spacial score (nSPS) is 20.6. The molecule has 0 aromatic heterocycles. The Labute approximate surface area is 129 Å². The Kier molecular flexibility index (Phi) is 6.44. The molecule has 4 bridgehead atoms. The molecule has 0 heterocycles. The monoisotopic (exact) mass is 374 g/mol. The molecule has 4 aliphatic rings. The van der Waals surface area contributed by atoms with Crippen molar-refractivity contribution in [3.8, 4) is 0 Å². The molecule has 2 saturated carbocycles.